The van der Waals surface area contributed by atoms with E-state index in [2.05, 4.69) is 15.0 Å². The van der Waals surface area contributed by atoms with Crippen molar-refractivity contribution in [3.05, 3.63) is 46.4 Å². The zero-order valence-electron chi connectivity index (χ0n) is 15.1. The van der Waals surface area contributed by atoms with Gasteiger partial charge in [0.1, 0.15) is 5.52 Å². The molecule has 1 saturated heterocycles. The van der Waals surface area contributed by atoms with Crippen LogP contribution in [-0.4, -0.2) is 62.4 Å². The van der Waals surface area contributed by atoms with Gasteiger partial charge in [-0.2, -0.15) is 0 Å². The van der Waals surface area contributed by atoms with Crippen molar-refractivity contribution in [1.29, 1.82) is 0 Å². The Bertz CT molecular complexity index is 1040. The topological polar surface area (TPSA) is 119 Å². The Labute approximate surface area is 164 Å². The average molecular weight is 400 g/mol. The summed E-state index contributed by atoms with van der Waals surface area (Å²) < 4.78 is 6.79. The highest BCUT2D eigenvalue weighted by atomic mass is 32.2. The molecule has 0 unspecified atom stereocenters. The molecular weight excluding hydrogens is 380 g/mol. The summed E-state index contributed by atoms with van der Waals surface area (Å²) in [5.41, 5.74) is 7.53. The maximum Gasteiger partial charge on any atom is 0.328 e. The van der Waals surface area contributed by atoms with Crippen molar-refractivity contribution in [3.63, 3.8) is 0 Å². The number of benzene rings is 1. The fourth-order valence-corrected chi connectivity index (χ4v) is 3.79. The number of fused-ring (bicyclic) bond motifs is 1. The van der Waals surface area contributed by atoms with E-state index in [9.17, 15) is 9.59 Å². The van der Waals surface area contributed by atoms with Gasteiger partial charge in [0, 0.05) is 13.1 Å². The first-order chi connectivity index (χ1) is 13.6. The van der Waals surface area contributed by atoms with Crippen LogP contribution in [0.2, 0.25) is 0 Å². The Morgan fingerprint density at radius 1 is 1.21 bits per heavy atom. The molecule has 0 atom stereocenters. The lowest BCUT2D eigenvalue weighted by atomic mass is 10.2. The molecule has 146 valence electrons. The molecule has 0 saturated carbocycles. The molecule has 1 aromatic carbocycles. The number of aromatic amines is 1. The molecule has 3 heterocycles. The third kappa shape index (κ3) is 3.87. The van der Waals surface area contributed by atoms with Gasteiger partial charge in [-0.1, -0.05) is 42.1 Å². The Kier molecular flexibility index (Phi) is 5.31. The molecule has 4 rings (SSSR count). The Balaban J connectivity index is 1.57. The van der Waals surface area contributed by atoms with E-state index in [1.807, 2.05) is 30.3 Å². The van der Waals surface area contributed by atoms with Gasteiger partial charge in [0.05, 0.1) is 25.5 Å². The zero-order chi connectivity index (χ0) is 19.5. The van der Waals surface area contributed by atoms with Gasteiger partial charge in [0.25, 0.3) is 0 Å². The highest BCUT2D eigenvalue weighted by Crippen LogP contribution is 2.21. The molecule has 1 fully saturated rings. The van der Waals surface area contributed by atoms with Crippen molar-refractivity contribution in [3.8, 4) is 0 Å². The van der Waals surface area contributed by atoms with E-state index in [-0.39, 0.29) is 23.2 Å². The van der Waals surface area contributed by atoms with Crippen LogP contribution in [0.3, 0.4) is 0 Å². The number of aromatic nitrogens is 4. The van der Waals surface area contributed by atoms with Crippen LogP contribution in [0, 0.1) is 0 Å². The molecule has 1 amide bonds. The number of thioether (sulfide) groups is 1. The first-order valence-corrected chi connectivity index (χ1v) is 9.88. The van der Waals surface area contributed by atoms with Gasteiger partial charge in [-0.3, -0.25) is 9.36 Å². The number of ether oxygens (including phenoxy) is 1. The van der Waals surface area contributed by atoms with Crippen LogP contribution in [0.15, 0.2) is 40.3 Å². The lowest BCUT2D eigenvalue weighted by Gasteiger charge is -2.26. The van der Waals surface area contributed by atoms with Gasteiger partial charge in [-0.25, -0.2) is 14.8 Å². The van der Waals surface area contributed by atoms with Gasteiger partial charge in [-0.15, -0.1) is 0 Å². The summed E-state index contributed by atoms with van der Waals surface area (Å²) in [6, 6.07) is 9.62. The molecule has 3 N–H and O–H groups in total. The average Bonchev–Trinajstić information content (AvgIpc) is 3.04. The number of morpholine rings is 1. The summed E-state index contributed by atoms with van der Waals surface area (Å²) in [5.74, 6) is 0.403. The molecule has 10 heteroatoms. The number of carbonyl (C=O) groups is 1. The highest BCUT2D eigenvalue weighted by molar-refractivity contribution is 7.99. The standard InChI is InChI=1S/C18H20N6O3S/c19-15-14-16(24(18(26)20-14)10-12-4-2-1-3-5-12)22-17(21-15)28-11-13(25)23-6-8-27-9-7-23/h1-5H,6-11H2,(H,20,26)(H2,19,21,22). The van der Waals surface area contributed by atoms with Gasteiger partial charge >= 0.3 is 5.69 Å². The lowest BCUT2D eigenvalue weighted by molar-refractivity contribution is -0.132. The van der Waals surface area contributed by atoms with Crippen LogP contribution in [-0.2, 0) is 16.1 Å². The molecule has 0 spiro atoms. The van der Waals surface area contributed by atoms with E-state index in [1.165, 1.54) is 16.3 Å². The van der Waals surface area contributed by atoms with E-state index in [0.717, 1.165) is 5.56 Å². The third-order valence-corrected chi connectivity index (χ3v) is 5.33. The summed E-state index contributed by atoms with van der Waals surface area (Å²) in [4.78, 5) is 37.9. The number of nitrogens with two attached hydrogens (primary N) is 1. The molecule has 1 aliphatic rings. The summed E-state index contributed by atoms with van der Waals surface area (Å²) in [7, 11) is 0. The smallest absolute Gasteiger partial charge is 0.328 e. The largest absolute Gasteiger partial charge is 0.382 e. The number of nitrogens with one attached hydrogen (secondary N) is 1. The number of hydrogen-bond donors (Lipinski definition) is 2. The predicted octanol–water partition coefficient (Wildman–Crippen LogP) is 0.701. The van der Waals surface area contributed by atoms with Crippen LogP contribution in [0.1, 0.15) is 5.56 Å². The number of hydrogen-bond acceptors (Lipinski definition) is 7. The van der Waals surface area contributed by atoms with Crippen LogP contribution in [0.5, 0.6) is 0 Å². The molecule has 0 aliphatic carbocycles. The first-order valence-electron chi connectivity index (χ1n) is 8.90. The molecule has 0 bridgehead atoms. The predicted molar refractivity (Wildman–Crippen MR) is 106 cm³/mol. The van der Waals surface area contributed by atoms with Crippen LogP contribution < -0.4 is 11.4 Å². The quantitative estimate of drug-likeness (QED) is 0.478. The van der Waals surface area contributed by atoms with Gasteiger partial charge in [-0.05, 0) is 5.56 Å². The van der Waals surface area contributed by atoms with Crippen molar-refractivity contribution < 1.29 is 9.53 Å². The van der Waals surface area contributed by atoms with Crippen LogP contribution >= 0.6 is 11.8 Å². The summed E-state index contributed by atoms with van der Waals surface area (Å²) in [6.45, 7) is 2.67. The summed E-state index contributed by atoms with van der Waals surface area (Å²) >= 11 is 1.21. The molecule has 0 radical (unpaired) electrons. The van der Waals surface area contributed by atoms with Gasteiger partial charge in [0.2, 0.25) is 5.91 Å². The van der Waals surface area contributed by atoms with E-state index in [4.69, 9.17) is 10.5 Å². The minimum atomic E-state index is -0.300. The van der Waals surface area contributed by atoms with Gasteiger partial charge in [0.15, 0.2) is 16.6 Å². The van der Waals surface area contributed by atoms with Crippen molar-refractivity contribution in [2.45, 2.75) is 11.7 Å². The number of imidazole rings is 1. The minimum absolute atomic E-state index is 0.00585. The second-order valence-corrected chi connectivity index (χ2v) is 7.32. The molecule has 9 nitrogen and oxygen atoms in total. The number of anilines is 1. The lowest BCUT2D eigenvalue weighted by Crippen LogP contribution is -2.41. The van der Waals surface area contributed by atoms with Crippen LogP contribution in [0.4, 0.5) is 5.82 Å². The normalized spacial score (nSPS) is 14.5. The fraction of sp³-hybridized carbons (Fsp3) is 0.333. The zero-order valence-corrected chi connectivity index (χ0v) is 15.9. The number of carbonyl (C=O) groups excluding carboxylic acids is 1. The monoisotopic (exact) mass is 400 g/mol. The van der Waals surface area contributed by atoms with E-state index < -0.39 is 0 Å². The molecular formula is C18H20N6O3S. The maximum absolute atomic E-state index is 12.4. The molecule has 28 heavy (non-hydrogen) atoms. The van der Waals surface area contributed by atoms with Crippen LogP contribution in [0.25, 0.3) is 11.2 Å². The maximum atomic E-state index is 12.4. The number of nitrogen functional groups attached to an aromatic ring is 1. The fourth-order valence-electron chi connectivity index (χ4n) is 3.04. The van der Waals surface area contributed by atoms with Crippen molar-refractivity contribution >= 4 is 34.7 Å². The molecule has 3 aromatic rings. The highest BCUT2D eigenvalue weighted by Gasteiger charge is 2.19. The second kappa shape index (κ2) is 8.03. The van der Waals surface area contributed by atoms with Gasteiger partial charge < -0.3 is 20.4 Å². The summed E-state index contributed by atoms with van der Waals surface area (Å²) in [5, 5.41) is 0.368. The second-order valence-electron chi connectivity index (χ2n) is 6.37. The number of H-pyrrole nitrogens is 1. The van der Waals surface area contributed by atoms with E-state index in [0.29, 0.717) is 49.2 Å². The Hall–Kier alpha value is -2.85. The number of nitrogens with zero attached hydrogens (tertiary/aromatic N) is 4. The number of rotatable bonds is 5. The van der Waals surface area contributed by atoms with Crippen molar-refractivity contribution in [2.75, 3.05) is 37.8 Å². The number of amides is 1. The SMILES string of the molecule is Nc1nc(SCC(=O)N2CCOCC2)nc2c1[nH]c(=O)n2Cc1ccccc1. The van der Waals surface area contributed by atoms with E-state index >= 15 is 0 Å². The Morgan fingerprint density at radius 3 is 2.71 bits per heavy atom. The van der Waals surface area contributed by atoms with Crippen molar-refractivity contribution in [1.82, 2.24) is 24.4 Å². The van der Waals surface area contributed by atoms with E-state index in [1.54, 1.807) is 4.90 Å². The third-order valence-electron chi connectivity index (χ3n) is 4.50. The minimum Gasteiger partial charge on any atom is -0.382 e. The van der Waals surface area contributed by atoms with Crippen molar-refractivity contribution in [2.24, 2.45) is 0 Å². The molecule has 1 aliphatic heterocycles. The first kappa shape index (κ1) is 18.5. The molecule has 2 aromatic heterocycles. The Morgan fingerprint density at radius 2 is 1.96 bits per heavy atom. The summed E-state index contributed by atoms with van der Waals surface area (Å²) in [6.07, 6.45) is 0.